The molecule has 0 saturated heterocycles. The van der Waals surface area contributed by atoms with Crippen LogP contribution in [0, 0.1) is 0 Å². The van der Waals surface area contributed by atoms with Gasteiger partial charge in [-0.25, -0.2) is 4.79 Å². The largest absolute Gasteiger partial charge is 0.465 e. The van der Waals surface area contributed by atoms with E-state index < -0.39 is 18.1 Å². The van der Waals surface area contributed by atoms with Crippen molar-refractivity contribution in [3.8, 4) is 0 Å². The predicted molar refractivity (Wildman–Crippen MR) is 103 cm³/mol. The van der Waals surface area contributed by atoms with E-state index in [1.54, 1.807) is 30.0 Å². The average molecular weight is 400 g/mol. The van der Waals surface area contributed by atoms with Crippen LogP contribution in [0.4, 0.5) is 4.79 Å². The van der Waals surface area contributed by atoms with Gasteiger partial charge in [0.2, 0.25) is 0 Å². The molecule has 2 N–H and O–H groups in total. The maximum absolute atomic E-state index is 11.2. The molecule has 2 aromatic carbocycles. The van der Waals surface area contributed by atoms with E-state index in [4.69, 9.17) is 23.2 Å². The lowest BCUT2D eigenvalue weighted by atomic mass is 9.88. The number of likely N-dealkylation sites (N-methyl/N-ethyl adjacent to an activating group) is 1. The number of hydrogen-bond acceptors (Lipinski definition) is 3. The predicted octanol–water partition coefficient (Wildman–Crippen LogP) is 5.14. The molecule has 0 bridgehead atoms. The van der Waals surface area contributed by atoms with Gasteiger partial charge in [0, 0.05) is 24.4 Å². The third kappa shape index (κ3) is 5.05. The lowest BCUT2D eigenvalue weighted by Crippen LogP contribution is -2.32. The minimum absolute atomic E-state index is 0.123. The quantitative estimate of drug-likeness (QED) is 0.659. The molecule has 2 aromatic rings. The van der Waals surface area contributed by atoms with Crippen molar-refractivity contribution in [3.63, 3.8) is 0 Å². The van der Waals surface area contributed by atoms with Crippen LogP contribution in [0.1, 0.15) is 23.1 Å². The third-order valence-corrected chi connectivity index (χ3v) is 5.45. The zero-order valence-electron chi connectivity index (χ0n) is 13.8. The van der Waals surface area contributed by atoms with Crippen molar-refractivity contribution in [3.05, 3.63) is 63.6 Å². The highest BCUT2D eigenvalue weighted by Crippen LogP contribution is 2.35. The molecule has 0 aromatic heterocycles. The van der Waals surface area contributed by atoms with Crippen LogP contribution in [0.3, 0.4) is 0 Å². The van der Waals surface area contributed by atoms with E-state index in [0.29, 0.717) is 10.0 Å². The fourth-order valence-electron chi connectivity index (χ4n) is 2.56. The Balaban J connectivity index is 2.41. The van der Waals surface area contributed by atoms with E-state index in [1.165, 1.54) is 7.05 Å². The molecule has 2 rings (SSSR count). The minimum Gasteiger partial charge on any atom is -0.465 e. The van der Waals surface area contributed by atoms with Gasteiger partial charge in [-0.15, -0.1) is 11.8 Å². The van der Waals surface area contributed by atoms with Crippen LogP contribution in [0.15, 0.2) is 47.4 Å². The summed E-state index contributed by atoms with van der Waals surface area (Å²) in [5.41, 5.74) is 1.45. The molecule has 0 radical (unpaired) electrons. The second-order valence-corrected chi connectivity index (χ2v) is 7.36. The van der Waals surface area contributed by atoms with Crippen molar-refractivity contribution in [1.29, 1.82) is 0 Å². The number of aliphatic hydroxyl groups is 1. The summed E-state index contributed by atoms with van der Waals surface area (Å²) in [6, 6.07) is 12.6. The Labute approximate surface area is 161 Å². The van der Waals surface area contributed by atoms with Gasteiger partial charge in [0.1, 0.15) is 0 Å². The Hall–Kier alpha value is -1.40. The SMILES string of the molecule is CSc1cccc([C@H](O)[C@H](CN(C)C(=O)O)c2ccc(Cl)c(Cl)c2)c1. The smallest absolute Gasteiger partial charge is 0.407 e. The molecule has 0 aliphatic carbocycles. The number of carbonyl (C=O) groups is 1. The van der Waals surface area contributed by atoms with E-state index in [-0.39, 0.29) is 6.54 Å². The summed E-state index contributed by atoms with van der Waals surface area (Å²) >= 11 is 13.7. The van der Waals surface area contributed by atoms with Gasteiger partial charge in [-0.2, -0.15) is 0 Å². The highest BCUT2D eigenvalue weighted by atomic mass is 35.5. The van der Waals surface area contributed by atoms with Gasteiger partial charge < -0.3 is 15.1 Å². The van der Waals surface area contributed by atoms with Gasteiger partial charge in [0.25, 0.3) is 0 Å². The standard InChI is InChI=1S/C18H19Cl2NO3S/c1-21(18(23)24)10-14(11-6-7-15(19)16(20)9-11)17(22)12-4-3-5-13(8-12)25-2/h3-9,14,17,22H,10H2,1-2H3,(H,23,24)/t14-,17+/m1/s1. The van der Waals surface area contributed by atoms with Gasteiger partial charge in [-0.05, 0) is 41.6 Å². The molecule has 0 aliphatic heterocycles. The molecular formula is C18H19Cl2NO3S. The van der Waals surface area contributed by atoms with Crippen LogP contribution in [0.25, 0.3) is 0 Å². The fraction of sp³-hybridized carbons (Fsp3) is 0.278. The molecule has 2 atom stereocenters. The zero-order chi connectivity index (χ0) is 18.6. The molecular weight excluding hydrogens is 381 g/mol. The number of thioether (sulfide) groups is 1. The first-order chi connectivity index (χ1) is 11.8. The number of aliphatic hydroxyl groups excluding tert-OH is 1. The van der Waals surface area contributed by atoms with E-state index in [9.17, 15) is 15.0 Å². The van der Waals surface area contributed by atoms with E-state index in [0.717, 1.165) is 20.9 Å². The highest BCUT2D eigenvalue weighted by molar-refractivity contribution is 7.98. The molecule has 0 unspecified atom stereocenters. The Kier molecular flexibility index (Phi) is 7.02. The molecule has 7 heteroatoms. The summed E-state index contributed by atoms with van der Waals surface area (Å²) in [6.45, 7) is 0.123. The van der Waals surface area contributed by atoms with Gasteiger partial charge in [0.15, 0.2) is 0 Å². The summed E-state index contributed by atoms with van der Waals surface area (Å²) in [5, 5.41) is 20.9. The monoisotopic (exact) mass is 399 g/mol. The number of rotatable bonds is 6. The van der Waals surface area contributed by atoms with Crippen molar-refractivity contribution in [2.24, 2.45) is 0 Å². The Bertz CT molecular complexity index is 757. The maximum Gasteiger partial charge on any atom is 0.407 e. The number of amides is 1. The van der Waals surface area contributed by atoms with Crippen LogP contribution in [0.2, 0.25) is 10.0 Å². The first-order valence-corrected chi connectivity index (χ1v) is 9.52. The Morgan fingerprint density at radius 2 is 1.88 bits per heavy atom. The maximum atomic E-state index is 11.2. The summed E-state index contributed by atoms with van der Waals surface area (Å²) in [4.78, 5) is 13.4. The van der Waals surface area contributed by atoms with Crippen LogP contribution < -0.4 is 0 Å². The lowest BCUT2D eigenvalue weighted by Gasteiger charge is -2.27. The number of benzene rings is 2. The second-order valence-electron chi connectivity index (χ2n) is 5.66. The van der Waals surface area contributed by atoms with E-state index in [2.05, 4.69) is 0 Å². The molecule has 0 heterocycles. The Morgan fingerprint density at radius 1 is 1.16 bits per heavy atom. The molecule has 4 nitrogen and oxygen atoms in total. The first kappa shape index (κ1) is 19.9. The fourth-order valence-corrected chi connectivity index (χ4v) is 3.34. The van der Waals surface area contributed by atoms with Crippen molar-refractivity contribution >= 4 is 41.1 Å². The third-order valence-electron chi connectivity index (χ3n) is 3.99. The van der Waals surface area contributed by atoms with Crippen LogP contribution in [-0.4, -0.2) is 41.1 Å². The zero-order valence-corrected chi connectivity index (χ0v) is 16.1. The number of halogens is 2. The van der Waals surface area contributed by atoms with Crippen LogP contribution in [-0.2, 0) is 0 Å². The van der Waals surface area contributed by atoms with Crippen molar-refractivity contribution in [2.45, 2.75) is 16.9 Å². The number of nitrogens with zero attached hydrogens (tertiary/aromatic N) is 1. The van der Waals surface area contributed by atoms with E-state index in [1.807, 2.05) is 30.5 Å². The molecule has 1 amide bonds. The average Bonchev–Trinajstić information content (AvgIpc) is 2.61. The van der Waals surface area contributed by atoms with Crippen molar-refractivity contribution < 1.29 is 15.0 Å². The summed E-state index contributed by atoms with van der Waals surface area (Å²) in [5.74, 6) is -0.479. The molecule has 0 spiro atoms. The van der Waals surface area contributed by atoms with Crippen LogP contribution >= 0.6 is 35.0 Å². The molecule has 0 fully saturated rings. The summed E-state index contributed by atoms with van der Waals surface area (Å²) < 4.78 is 0. The van der Waals surface area contributed by atoms with E-state index >= 15 is 0 Å². The van der Waals surface area contributed by atoms with Crippen molar-refractivity contribution in [1.82, 2.24) is 4.90 Å². The summed E-state index contributed by atoms with van der Waals surface area (Å²) in [6.07, 6.45) is 0.0152. The topological polar surface area (TPSA) is 60.8 Å². The first-order valence-electron chi connectivity index (χ1n) is 7.54. The van der Waals surface area contributed by atoms with Gasteiger partial charge in [-0.3, -0.25) is 0 Å². The molecule has 0 saturated carbocycles. The van der Waals surface area contributed by atoms with Gasteiger partial charge >= 0.3 is 6.09 Å². The normalized spacial score (nSPS) is 13.3. The number of carboxylic acid groups (broad SMARTS) is 1. The van der Waals surface area contributed by atoms with Gasteiger partial charge in [-0.1, -0.05) is 41.4 Å². The second kappa shape index (κ2) is 8.81. The minimum atomic E-state index is -1.06. The van der Waals surface area contributed by atoms with Crippen molar-refractivity contribution in [2.75, 3.05) is 19.8 Å². The van der Waals surface area contributed by atoms with Crippen LogP contribution in [0.5, 0.6) is 0 Å². The molecule has 0 aliphatic rings. The molecule has 25 heavy (non-hydrogen) atoms. The van der Waals surface area contributed by atoms with Gasteiger partial charge in [0.05, 0.1) is 16.1 Å². The number of hydrogen-bond donors (Lipinski definition) is 2. The lowest BCUT2D eigenvalue weighted by molar-refractivity contribution is 0.113. The molecule has 134 valence electrons. The Morgan fingerprint density at radius 3 is 2.48 bits per heavy atom. The highest BCUT2D eigenvalue weighted by Gasteiger charge is 2.26. The summed E-state index contributed by atoms with van der Waals surface area (Å²) in [7, 11) is 1.47.